The summed E-state index contributed by atoms with van der Waals surface area (Å²) >= 11 is 9.95. The first-order valence-electron chi connectivity index (χ1n) is 5.87. The van der Waals surface area contributed by atoms with Crippen molar-refractivity contribution in [3.05, 3.63) is 32.1 Å². The molecule has 2 rings (SSSR count). The van der Waals surface area contributed by atoms with Gasteiger partial charge in [-0.2, -0.15) is 0 Å². The number of hydrogen-bond acceptors (Lipinski definition) is 4. The van der Waals surface area contributed by atoms with Crippen molar-refractivity contribution in [3.8, 4) is 5.75 Å². The number of thioether (sulfide) groups is 1. The summed E-state index contributed by atoms with van der Waals surface area (Å²) in [4.78, 5) is 25.3. The molecule has 1 saturated heterocycles. The first-order valence-corrected chi connectivity index (χ1v) is 7.86. The molecule has 0 bridgehead atoms. The van der Waals surface area contributed by atoms with Crippen LogP contribution < -0.4 is 0 Å². The second kappa shape index (κ2) is 6.20. The van der Waals surface area contributed by atoms with Crippen LogP contribution in [0.4, 0.5) is 4.79 Å². The van der Waals surface area contributed by atoms with Crippen LogP contribution in [0.25, 0.3) is 6.08 Å². The number of rotatable bonds is 3. The number of benzene rings is 1. The third kappa shape index (κ3) is 3.02. The van der Waals surface area contributed by atoms with Gasteiger partial charge < -0.3 is 5.11 Å². The molecule has 2 amide bonds. The molecular formula is C13H11BrClNO3S. The number of amides is 2. The minimum atomic E-state index is -0.336. The number of carbonyl (C=O) groups excluding carboxylic acids is 2. The third-order valence-electron chi connectivity index (χ3n) is 2.67. The van der Waals surface area contributed by atoms with Gasteiger partial charge in [0.05, 0.1) is 9.38 Å². The van der Waals surface area contributed by atoms with Gasteiger partial charge in [0.25, 0.3) is 11.1 Å². The zero-order valence-corrected chi connectivity index (χ0v) is 13.7. The van der Waals surface area contributed by atoms with Gasteiger partial charge in [-0.05, 0) is 52.3 Å². The van der Waals surface area contributed by atoms with Gasteiger partial charge >= 0.3 is 0 Å². The Morgan fingerprint density at radius 2 is 2.15 bits per heavy atom. The molecule has 106 valence electrons. The highest BCUT2D eigenvalue weighted by Gasteiger charge is 2.34. The van der Waals surface area contributed by atoms with E-state index in [0.717, 1.165) is 11.8 Å². The lowest BCUT2D eigenvalue weighted by atomic mass is 10.2. The minimum Gasteiger partial charge on any atom is -0.506 e. The first-order chi connectivity index (χ1) is 9.43. The summed E-state index contributed by atoms with van der Waals surface area (Å²) in [5.74, 6) is -0.353. The SMILES string of the molecule is CCCN1C(=O)S/C(=C/c2cc(Cl)cc(Br)c2O)C1=O. The Kier molecular flexibility index (Phi) is 4.78. The van der Waals surface area contributed by atoms with Crippen LogP contribution in [0.5, 0.6) is 5.75 Å². The fourth-order valence-corrected chi connectivity index (χ4v) is 3.44. The highest BCUT2D eigenvalue weighted by Crippen LogP contribution is 2.37. The molecule has 1 aromatic rings. The van der Waals surface area contributed by atoms with Gasteiger partial charge in [0.2, 0.25) is 0 Å². The van der Waals surface area contributed by atoms with Crippen molar-refractivity contribution < 1.29 is 14.7 Å². The van der Waals surface area contributed by atoms with E-state index in [9.17, 15) is 14.7 Å². The molecule has 0 atom stereocenters. The van der Waals surface area contributed by atoms with Crippen molar-refractivity contribution in [3.63, 3.8) is 0 Å². The Labute approximate surface area is 133 Å². The fourth-order valence-electron chi connectivity index (χ4n) is 1.75. The van der Waals surface area contributed by atoms with Crippen LogP contribution in [0.3, 0.4) is 0 Å². The van der Waals surface area contributed by atoms with Crippen LogP contribution in [-0.2, 0) is 4.79 Å². The van der Waals surface area contributed by atoms with Gasteiger partial charge in [-0.15, -0.1) is 0 Å². The van der Waals surface area contributed by atoms with Crippen molar-refractivity contribution in [2.75, 3.05) is 6.54 Å². The van der Waals surface area contributed by atoms with E-state index >= 15 is 0 Å². The Morgan fingerprint density at radius 3 is 2.80 bits per heavy atom. The number of phenols is 1. The molecule has 1 aromatic carbocycles. The molecule has 20 heavy (non-hydrogen) atoms. The van der Waals surface area contributed by atoms with Crippen molar-refractivity contribution in [1.82, 2.24) is 4.90 Å². The van der Waals surface area contributed by atoms with Crippen LogP contribution in [0.15, 0.2) is 21.5 Å². The predicted octanol–water partition coefficient (Wildman–Crippen LogP) is 4.25. The molecule has 0 aromatic heterocycles. The van der Waals surface area contributed by atoms with E-state index in [-0.39, 0.29) is 21.8 Å². The van der Waals surface area contributed by atoms with Crippen molar-refractivity contribution in [2.24, 2.45) is 0 Å². The maximum absolute atomic E-state index is 12.1. The molecule has 0 saturated carbocycles. The first kappa shape index (κ1) is 15.4. The van der Waals surface area contributed by atoms with E-state index in [1.807, 2.05) is 6.92 Å². The number of nitrogens with zero attached hydrogens (tertiary/aromatic N) is 1. The summed E-state index contributed by atoms with van der Waals surface area (Å²) in [6, 6.07) is 3.09. The van der Waals surface area contributed by atoms with Gasteiger partial charge in [0.15, 0.2) is 0 Å². The zero-order valence-electron chi connectivity index (χ0n) is 10.5. The molecule has 1 heterocycles. The Hall–Kier alpha value is -0.980. The van der Waals surface area contributed by atoms with Crippen molar-refractivity contribution in [1.29, 1.82) is 0 Å². The molecule has 7 heteroatoms. The molecule has 1 fully saturated rings. The normalized spacial score (nSPS) is 17.4. The van der Waals surface area contributed by atoms with Gasteiger partial charge in [0, 0.05) is 17.1 Å². The lowest BCUT2D eigenvalue weighted by Crippen LogP contribution is -2.28. The number of phenolic OH excluding ortho intramolecular Hbond substituents is 1. The van der Waals surface area contributed by atoms with Gasteiger partial charge in [0.1, 0.15) is 5.75 Å². The number of hydrogen-bond donors (Lipinski definition) is 1. The van der Waals surface area contributed by atoms with E-state index in [1.165, 1.54) is 17.0 Å². The summed E-state index contributed by atoms with van der Waals surface area (Å²) in [6.45, 7) is 2.29. The van der Waals surface area contributed by atoms with E-state index in [1.54, 1.807) is 6.07 Å². The molecule has 0 spiro atoms. The molecule has 1 aliphatic rings. The molecule has 0 radical (unpaired) electrons. The quantitative estimate of drug-likeness (QED) is 0.801. The Bertz CT molecular complexity index is 618. The fraction of sp³-hybridized carbons (Fsp3) is 0.231. The maximum atomic E-state index is 12.1. The second-order valence-corrected chi connectivity index (χ2v) is 6.44. The molecule has 1 aliphatic heterocycles. The van der Waals surface area contributed by atoms with Crippen molar-refractivity contribution >= 4 is 56.5 Å². The summed E-state index contributed by atoms with van der Waals surface area (Å²) < 4.78 is 0.434. The van der Waals surface area contributed by atoms with E-state index in [2.05, 4.69) is 15.9 Å². The maximum Gasteiger partial charge on any atom is 0.293 e. The van der Waals surface area contributed by atoms with Gasteiger partial charge in [-0.25, -0.2) is 0 Å². The smallest absolute Gasteiger partial charge is 0.293 e. The topological polar surface area (TPSA) is 57.6 Å². The number of halogens is 2. The standard InChI is InChI=1S/C13H11BrClNO3S/c1-2-3-16-12(18)10(20-13(16)19)5-7-4-8(15)6-9(14)11(7)17/h4-6,17H,2-3H2,1H3/b10-5+. The lowest BCUT2D eigenvalue weighted by molar-refractivity contribution is -0.122. The summed E-state index contributed by atoms with van der Waals surface area (Å²) in [5, 5.41) is 10.1. The van der Waals surface area contributed by atoms with Crippen molar-refractivity contribution in [2.45, 2.75) is 13.3 Å². The second-order valence-electron chi connectivity index (χ2n) is 4.16. The zero-order chi connectivity index (χ0) is 14.9. The molecule has 0 unspecified atom stereocenters. The van der Waals surface area contributed by atoms with E-state index in [0.29, 0.717) is 28.0 Å². The van der Waals surface area contributed by atoms with E-state index < -0.39 is 0 Å². The number of aromatic hydroxyl groups is 1. The third-order valence-corrected chi connectivity index (χ3v) is 4.40. The molecule has 4 nitrogen and oxygen atoms in total. The Morgan fingerprint density at radius 1 is 1.45 bits per heavy atom. The molecular weight excluding hydrogens is 366 g/mol. The monoisotopic (exact) mass is 375 g/mol. The predicted molar refractivity (Wildman–Crippen MR) is 83.8 cm³/mol. The molecule has 0 aliphatic carbocycles. The van der Waals surface area contributed by atoms with Gasteiger partial charge in [-0.1, -0.05) is 18.5 Å². The largest absolute Gasteiger partial charge is 0.506 e. The van der Waals surface area contributed by atoms with Crippen LogP contribution in [0.1, 0.15) is 18.9 Å². The average Bonchev–Trinajstić information content (AvgIpc) is 2.63. The van der Waals surface area contributed by atoms with Crippen LogP contribution >= 0.6 is 39.3 Å². The highest BCUT2D eigenvalue weighted by atomic mass is 79.9. The van der Waals surface area contributed by atoms with Crippen LogP contribution in [0.2, 0.25) is 5.02 Å². The summed E-state index contributed by atoms with van der Waals surface area (Å²) in [5.41, 5.74) is 0.395. The molecule has 1 N–H and O–H groups in total. The highest BCUT2D eigenvalue weighted by molar-refractivity contribution is 9.10. The number of imide groups is 1. The summed E-state index contributed by atoms with van der Waals surface area (Å²) in [7, 11) is 0. The number of carbonyl (C=O) groups is 2. The van der Waals surface area contributed by atoms with E-state index in [4.69, 9.17) is 11.6 Å². The average molecular weight is 377 g/mol. The minimum absolute atomic E-state index is 0.0170. The van der Waals surface area contributed by atoms with Crippen LogP contribution in [-0.4, -0.2) is 27.7 Å². The van der Waals surface area contributed by atoms with Crippen LogP contribution in [0, 0.1) is 0 Å². The lowest BCUT2D eigenvalue weighted by Gasteiger charge is -2.09. The summed E-state index contributed by atoms with van der Waals surface area (Å²) in [6.07, 6.45) is 2.19. The Balaban J connectivity index is 2.38. The van der Waals surface area contributed by atoms with Gasteiger partial charge in [-0.3, -0.25) is 14.5 Å².